The molecule has 1 aromatic heterocycles. The number of rotatable bonds is 7. The van der Waals surface area contributed by atoms with Gasteiger partial charge in [-0.1, -0.05) is 12.1 Å². The van der Waals surface area contributed by atoms with Crippen molar-refractivity contribution in [3.8, 4) is 11.4 Å². The zero-order valence-corrected chi connectivity index (χ0v) is 21.1. The van der Waals surface area contributed by atoms with Crippen LogP contribution in [0.3, 0.4) is 0 Å². The van der Waals surface area contributed by atoms with Crippen molar-refractivity contribution in [2.24, 2.45) is 5.92 Å². The number of aryl methyl sites for hydroxylation is 1. The highest BCUT2D eigenvalue weighted by Gasteiger charge is 2.37. The number of carbonyl (C=O) groups is 1. The Bertz CT molecular complexity index is 1460. The molecule has 0 unspecified atom stereocenters. The van der Waals surface area contributed by atoms with E-state index in [0.29, 0.717) is 31.7 Å². The number of aromatic amines is 1. The molecule has 1 heterocycles. The van der Waals surface area contributed by atoms with Gasteiger partial charge >= 0.3 is 6.18 Å². The second kappa shape index (κ2) is 11.8. The molecular formula is C27H24F7N3O3. The number of hydrogen-bond acceptors (Lipinski definition) is 4. The van der Waals surface area contributed by atoms with E-state index in [2.05, 4.69) is 10.3 Å². The van der Waals surface area contributed by atoms with Crippen LogP contribution >= 0.6 is 0 Å². The van der Waals surface area contributed by atoms with Gasteiger partial charge in [0, 0.05) is 29.7 Å². The fourth-order valence-electron chi connectivity index (χ4n) is 4.58. The summed E-state index contributed by atoms with van der Waals surface area (Å²) in [5.74, 6) is -5.77. The van der Waals surface area contributed by atoms with Crippen LogP contribution in [0.2, 0.25) is 0 Å². The Balaban J connectivity index is 1.41. The molecule has 1 amide bonds. The minimum atomic E-state index is -5.01. The van der Waals surface area contributed by atoms with Gasteiger partial charge in [0.25, 0.3) is 5.56 Å². The van der Waals surface area contributed by atoms with Crippen molar-refractivity contribution in [3.63, 3.8) is 0 Å². The topological polar surface area (TPSA) is 84.1 Å². The molecule has 40 heavy (non-hydrogen) atoms. The van der Waals surface area contributed by atoms with Crippen LogP contribution in [0.25, 0.3) is 11.4 Å². The summed E-state index contributed by atoms with van der Waals surface area (Å²) in [7, 11) is 0. The van der Waals surface area contributed by atoms with Crippen molar-refractivity contribution in [1.29, 1.82) is 0 Å². The van der Waals surface area contributed by atoms with Gasteiger partial charge in [0.15, 0.2) is 0 Å². The van der Waals surface area contributed by atoms with Gasteiger partial charge in [-0.05, 0) is 44.7 Å². The summed E-state index contributed by atoms with van der Waals surface area (Å²) in [5, 5.41) is 2.53. The standard InChI is InChI=1S/C27H24F7N3O3/c1-13-22(30)26(39)37-24(36-13)21-19(27(32,33)34)9-5-15(23(21)31)11-35-25(38)14-3-7-18(8-4-14)40-12-16-2-6-17(28)10-20(16)29/h2,5-6,9-10,14,18H,3-4,7-8,11-12H2,1H3,(H,35,38)(H,36,37,39). The number of hydrogen-bond donors (Lipinski definition) is 2. The normalized spacial score (nSPS) is 17.6. The number of aromatic nitrogens is 2. The molecule has 1 aliphatic carbocycles. The molecule has 2 aromatic carbocycles. The summed E-state index contributed by atoms with van der Waals surface area (Å²) < 4.78 is 102. The van der Waals surface area contributed by atoms with Crippen LogP contribution in [-0.2, 0) is 28.9 Å². The number of nitrogens with one attached hydrogen (secondary N) is 2. The number of H-pyrrole nitrogens is 1. The Morgan fingerprint density at radius 3 is 2.33 bits per heavy atom. The first-order valence-corrected chi connectivity index (χ1v) is 12.3. The van der Waals surface area contributed by atoms with Crippen LogP contribution in [0.4, 0.5) is 30.7 Å². The minimum absolute atomic E-state index is 0.0587. The van der Waals surface area contributed by atoms with E-state index in [0.717, 1.165) is 25.1 Å². The highest BCUT2D eigenvalue weighted by atomic mass is 19.4. The molecule has 0 bridgehead atoms. The number of halogens is 7. The molecule has 0 aliphatic heterocycles. The molecule has 1 fully saturated rings. The Labute approximate surface area is 223 Å². The predicted molar refractivity (Wildman–Crippen MR) is 129 cm³/mol. The van der Waals surface area contributed by atoms with Crippen molar-refractivity contribution < 1.29 is 40.3 Å². The van der Waals surface area contributed by atoms with Gasteiger partial charge in [-0.15, -0.1) is 0 Å². The third-order valence-corrected chi connectivity index (χ3v) is 6.78. The van der Waals surface area contributed by atoms with Gasteiger partial charge in [-0.3, -0.25) is 9.59 Å². The summed E-state index contributed by atoms with van der Waals surface area (Å²) in [4.78, 5) is 29.9. The summed E-state index contributed by atoms with van der Waals surface area (Å²) in [5.41, 5.74) is -4.43. The number of benzene rings is 2. The molecule has 0 spiro atoms. The van der Waals surface area contributed by atoms with E-state index in [1.165, 1.54) is 6.07 Å². The molecule has 1 aliphatic rings. The maximum Gasteiger partial charge on any atom is 0.417 e. The van der Waals surface area contributed by atoms with Crippen LogP contribution in [0, 0.1) is 36.1 Å². The van der Waals surface area contributed by atoms with Gasteiger partial charge in [0.05, 0.1) is 29.5 Å². The lowest BCUT2D eigenvalue weighted by atomic mass is 9.86. The summed E-state index contributed by atoms with van der Waals surface area (Å²) >= 11 is 0. The molecule has 4 rings (SSSR count). The SMILES string of the molecule is Cc1nc(-c2c(C(F)(F)F)ccc(CNC(=O)C3CCC(OCc4ccc(F)cc4F)CC3)c2F)[nH]c(=O)c1F. The third kappa shape index (κ3) is 6.52. The summed E-state index contributed by atoms with van der Waals surface area (Å²) in [6.07, 6.45) is -3.50. The molecule has 3 aromatic rings. The largest absolute Gasteiger partial charge is 0.417 e. The van der Waals surface area contributed by atoms with Gasteiger partial charge < -0.3 is 15.0 Å². The molecule has 2 N–H and O–H groups in total. The quantitative estimate of drug-likeness (QED) is 0.356. The number of amides is 1. The van der Waals surface area contributed by atoms with Crippen LogP contribution < -0.4 is 10.9 Å². The first-order valence-electron chi connectivity index (χ1n) is 12.3. The molecule has 1 saturated carbocycles. The van der Waals surface area contributed by atoms with E-state index < -0.39 is 76.0 Å². The number of alkyl halides is 3. The molecule has 0 atom stereocenters. The maximum atomic E-state index is 15.4. The Morgan fingerprint density at radius 1 is 1.02 bits per heavy atom. The van der Waals surface area contributed by atoms with E-state index in [9.17, 15) is 35.9 Å². The molecular weight excluding hydrogens is 547 g/mol. The molecule has 214 valence electrons. The lowest BCUT2D eigenvalue weighted by Gasteiger charge is -2.28. The lowest BCUT2D eigenvalue weighted by Crippen LogP contribution is -2.34. The zero-order valence-electron chi connectivity index (χ0n) is 21.1. The van der Waals surface area contributed by atoms with Crippen molar-refractivity contribution in [2.45, 2.75) is 58.0 Å². The van der Waals surface area contributed by atoms with Crippen molar-refractivity contribution >= 4 is 5.91 Å². The first-order chi connectivity index (χ1) is 18.8. The van der Waals surface area contributed by atoms with Gasteiger partial charge in [0.1, 0.15) is 23.3 Å². The molecule has 13 heteroatoms. The van der Waals surface area contributed by atoms with Gasteiger partial charge in [-0.25, -0.2) is 18.2 Å². The van der Waals surface area contributed by atoms with Crippen LogP contribution in [0.1, 0.15) is 48.1 Å². The van der Waals surface area contributed by atoms with Gasteiger partial charge in [0.2, 0.25) is 11.7 Å². The molecule has 0 radical (unpaired) electrons. The van der Waals surface area contributed by atoms with Crippen LogP contribution in [0.5, 0.6) is 0 Å². The van der Waals surface area contributed by atoms with Gasteiger partial charge in [-0.2, -0.15) is 17.6 Å². The van der Waals surface area contributed by atoms with E-state index in [-0.39, 0.29) is 23.8 Å². The average Bonchev–Trinajstić information content (AvgIpc) is 2.89. The first kappa shape index (κ1) is 29.2. The minimum Gasteiger partial charge on any atom is -0.373 e. The number of nitrogens with zero attached hydrogens (tertiary/aromatic N) is 1. The van der Waals surface area contributed by atoms with E-state index in [1.54, 1.807) is 0 Å². The zero-order chi connectivity index (χ0) is 29.2. The van der Waals surface area contributed by atoms with E-state index in [4.69, 9.17) is 4.74 Å². The van der Waals surface area contributed by atoms with E-state index >= 15 is 4.39 Å². The monoisotopic (exact) mass is 571 g/mol. The Morgan fingerprint density at radius 2 is 1.70 bits per heavy atom. The summed E-state index contributed by atoms with van der Waals surface area (Å²) in [6.45, 7) is 0.557. The molecule has 0 saturated heterocycles. The van der Waals surface area contributed by atoms with Crippen LogP contribution in [0.15, 0.2) is 35.1 Å². The Kier molecular flexibility index (Phi) is 8.62. The third-order valence-electron chi connectivity index (χ3n) is 6.78. The van der Waals surface area contributed by atoms with Crippen LogP contribution in [-0.4, -0.2) is 22.0 Å². The number of ether oxygens (including phenoxy) is 1. The van der Waals surface area contributed by atoms with Crippen molar-refractivity contribution in [3.05, 3.63) is 86.3 Å². The van der Waals surface area contributed by atoms with Crippen molar-refractivity contribution in [2.75, 3.05) is 0 Å². The van der Waals surface area contributed by atoms with Crippen molar-refractivity contribution in [1.82, 2.24) is 15.3 Å². The second-order valence-electron chi connectivity index (χ2n) is 9.51. The fourth-order valence-corrected chi connectivity index (χ4v) is 4.58. The summed E-state index contributed by atoms with van der Waals surface area (Å²) in [6, 6.07) is 4.66. The number of carbonyl (C=O) groups excluding carboxylic acids is 1. The highest BCUT2D eigenvalue weighted by molar-refractivity contribution is 5.78. The second-order valence-corrected chi connectivity index (χ2v) is 9.51. The fraction of sp³-hybridized carbons (Fsp3) is 0.370. The lowest BCUT2D eigenvalue weighted by molar-refractivity contribution is -0.137. The predicted octanol–water partition coefficient (Wildman–Crippen LogP) is 5.71. The average molecular weight is 571 g/mol. The Hall–Kier alpha value is -3.74. The molecule has 6 nitrogen and oxygen atoms in total. The van der Waals surface area contributed by atoms with E-state index in [1.807, 2.05) is 4.98 Å². The maximum absolute atomic E-state index is 15.4. The highest BCUT2D eigenvalue weighted by Crippen LogP contribution is 2.38. The smallest absolute Gasteiger partial charge is 0.373 e.